The van der Waals surface area contributed by atoms with E-state index in [-0.39, 0.29) is 11.8 Å². The van der Waals surface area contributed by atoms with Crippen molar-refractivity contribution >= 4 is 50.7 Å². The molecule has 0 aliphatic carbocycles. The molecule has 1 fully saturated rings. The van der Waals surface area contributed by atoms with Gasteiger partial charge in [-0.3, -0.25) is 14.3 Å². The van der Waals surface area contributed by atoms with Crippen LogP contribution in [-0.4, -0.2) is 52.8 Å². The minimum atomic E-state index is -0.221. The van der Waals surface area contributed by atoms with Crippen LogP contribution in [0.5, 0.6) is 0 Å². The van der Waals surface area contributed by atoms with Gasteiger partial charge in [0.25, 0.3) is 11.8 Å². The zero-order chi connectivity index (χ0) is 23.7. The highest BCUT2D eigenvalue weighted by molar-refractivity contribution is 7.20. The number of nitrogens with one attached hydrogen (secondary N) is 1. The molecule has 0 unspecified atom stereocenters. The first-order chi connectivity index (χ1) is 16.5. The summed E-state index contributed by atoms with van der Waals surface area (Å²) in [6.07, 6.45) is 0. The molecule has 34 heavy (non-hydrogen) atoms. The maximum absolute atomic E-state index is 13.0. The second-order valence-corrected chi connectivity index (χ2v) is 9.54. The quantitative estimate of drug-likeness (QED) is 0.431. The van der Waals surface area contributed by atoms with E-state index < -0.39 is 0 Å². The fourth-order valence-corrected chi connectivity index (χ4v) is 5.24. The molecule has 3 heterocycles. The summed E-state index contributed by atoms with van der Waals surface area (Å²) in [6, 6.07) is 16.6. The Balaban J connectivity index is 1.35. The fraction of sp³-hybridized carbons (Fsp3) is 0.240. The Bertz CT molecular complexity index is 1370. The molecule has 1 aliphatic rings. The zero-order valence-corrected chi connectivity index (χ0v) is 20.2. The smallest absolute Gasteiger partial charge is 0.265 e. The van der Waals surface area contributed by atoms with E-state index in [1.165, 1.54) is 11.3 Å². The van der Waals surface area contributed by atoms with Gasteiger partial charge >= 0.3 is 0 Å². The first-order valence-corrected chi connectivity index (χ1v) is 12.2. The standard InChI is InChI=1S/C25H23ClN4O3S/c1-16-20-14-22(34-25(20)30(28-16)15-18-5-2-3-8-21(18)26)23(31)27-19-7-4-6-17(13-19)24(32)29-9-11-33-12-10-29/h2-8,13-14H,9-12,15H2,1H3,(H,27,31). The highest BCUT2D eigenvalue weighted by atomic mass is 35.5. The molecule has 9 heteroatoms. The van der Waals surface area contributed by atoms with Crippen LogP contribution in [0.25, 0.3) is 10.2 Å². The van der Waals surface area contributed by atoms with Gasteiger partial charge in [-0.2, -0.15) is 5.10 Å². The van der Waals surface area contributed by atoms with E-state index in [0.717, 1.165) is 21.5 Å². The molecule has 0 saturated carbocycles. The Labute approximate surface area is 205 Å². The largest absolute Gasteiger partial charge is 0.378 e. The third-order valence-electron chi connectivity index (χ3n) is 5.77. The summed E-state index contributed by atoms with van der Waals surface area (Å²) in [5, 5.41) is 9.19. The van der Waals surface area contributed by atoms with Crippen LogP contribution in [0.4, 0.5) is 5.69 Å². The Morgan fingerprint density at radius 3 is 2.71 bits per heavy atom. The van der Waals surface area contributed by atoms with Crippen LogP contribution in [0.15, 0.2) is 54.6 Å². The van der Waals surface area contributed by atoms with Crippen molar-refractivity contribution in [1.29, 1.82) is 0 Å². The molecule has 174 valence electrons. The lowest BCUT2D eigenvalue weighted by Gasteiger charge is -2.27. The molecular formula is C25H23ClN4O3S. The summed E-state index contributed by atoms with van der Waals surface area (Å²) in [7, 11) is 0. The lowest BCUT2D eigenvalue weighted by molar-refractivity contribution is 0.0303. The first kappa shape index (κ1) is 22.6. The van der Waals surface area contributed by atoms with Crippen molar-refractivity contribution in [3.05, 3.63) is 81.3 Å². The Morgan fingerprint density at radius 1 is 1.12 bits per heavy atom. The van der Waals surface area contributed by atoms with Crippen molar-refractivity contribution < 1.29 is 14.3 Å². The number of aryl methyl sites for hydroxylation is 1. The van der Waals surface area contributed by atoms with Gasteiger partial charge in [-0.15, -0.1) is 11.3 Å². The van der Waals surface area contributed by atoms with Crippen LogP contribution < -0.4 is 5.32 Å². The summed E-state index contributed by atoms with van der Waals surface area (Å²) >= 11 is 7.71. The first-order valence-electron chi connectivity index (χ1n) is 11.0. The minimum Gasteiger partial charge on any atom is -0.378 e. The number of ether oxygens (including phenoxy) is 1. The average Bonchev–Trinajstić information content (AvgIpc) is 3.42. The number of nitrogens with zero attached hydrogens (tertiary/aromatic N) is 3. The number of hydrogen-bond acceptors (Lipinski definition) is 5. The van der Waals surface area contributed by atoms with Crippen molar-refractivity contribution in [3.63, 3.8) is 0 Å². The fourth-order valence-electron chi connectivity index (χ4n) is 3.99. The second-order valence-electron chi connectivity index (χ2n) is 8.10. The molecule has 1 aliphatic heterocycles. The summed E-state index contributed by atoms with van der Waals surface area (Å²) in [5.74, 6) is -0.280. The van der Waals surface area contributed by atoms with E-state index in [4.69, 9.17) is 16.3 Å². The van der Waals surface area contributed by atoms with Gasteiger partial charge in [-0.05, 0) is 42.8 Å². The molecule has 1 N–H and O–H groups in total. The molecule has 2 aromatic carbocycles. The average molecular weight is 495 g/mol. The molecule has 2 amide bonds. The number of fused-ring (bicyclic) bond motifs is 1. The second kappa shape index (κ2) is 9.58. The van der Waals surface area contributed by atoms with Crippen LogP contribution in [0.3, 0.4) is 0 Å². The molecule has 2 aromatic heterocycles. The van der Waals surface area contributed by atoms with Crippen LogP contribution in [0, 0.1) is 6.92 Å². The maximum atomic E-state index is 13.0. The van der Waals surface area contributed by atoms with Crippen molar-refractivity contribution in [2.75, 3.05) is 31.6 Å². The van der Waals surface area contributed by atoms with Crippen molar-refractivity contribution in [2.24, 2.45) is 0 Å². The summed E-state index contributed by atoms with van der Waals surface area (Å²) in [5.41, 5.74) is 2.95. The van der Waals surface area contributed by atoms with Gasteiger partial charge in [0, 0.05) is 34.7 Å². The van der Waals surface area contributed by atoms with Gasteiger partial charge in [0.15, 0.2) is 0 Å². The molecule has 7 nitrogen and oxygen atoms in total. The maximum Gasteiger partial charge on any atom is 0.265 e. The third-order valence-corrected chi connectivity index (χ3v) is 7.29. The Morgan fingerprint density at radius 2 is 1.91 bits per heavy atom. The van der Waals surface area contributed by atoms with Crippen LogP contribution in [-0.2, 0) is 11.3 Å². The molecule has 0 bridgehead atoms. The highest BCUT2D eigenvalue weighted by Crippen LogP contribution is 2.30. The van der Waals surface area contributed by atoms with Crippen molar-refractivity contribution in [3.8, 4) is 0 Å². The molecule has 5 rings (SSSR count). The van der Waals surface area contributed by atoms with Crippen LogP contribution >= 0.6 is 22.9 Å². The van der Waals surface area contributed by atoms with E-state index in [1.54, 1.807) is 29.2 Å². The number of benzene rings is 2. The van der Waals surface area contributed by atoms with Crippen molar-refractivity contribution in [2.45, 2.75) is 13.5 Å². The van der Waals surface area contributed by atoms with Gasteiger partial charge in [0.05, 0.1) is 30.3 Å². The van der Waals surface area contributed by atoms with Crippen LogP contribution in [0.2, 0.25) is 5.02 Å². The number of rotatable bonds is 5. The number of morpholine rings is 1. The predicted octanol–water partition coefficient (Wildman–Crippen LogP) is 4.83. The van der Waals surface area contributed by atoms with E-state index in [1.807, 2.05) is 41.9 Å². The van der Waals surface area contributed by atoms with Crippen LogP contribution in [0.1, 0.15) is 31.3 Å². The molecular weight excluding hydrogens is 472 g/mol. The van der Waals surface area contributed by atoms with E-state index >= 15 is 0 Å². The summed E-state index contributed by atoms with van der Waals surface area (Å²) in [4.78, 5) is 29.1. The molecule has 4 aromatic rings. The summed E-state index contributed by atoms with van der Waals surface area (Å²) in [6.45, 7) is 4.68. The monoisotopic (exact) mass is 494 g/mol. The number of halogens is 1. The molecule has 0 radical (unpaired) electrons. The minimum absolute atomic E-state index is 0.0587. The third kappa shape index (κ3) is 4.57. The number of hydrogen-bond donors (Lipinski definition) is 1. The number of aromatic nitrogens is 2. The van der Waals surface area contributed by atoms with Gasteiger partial charge in [-0.25, -0.2) is 0 Å². The topological polar surface area (TPSA) is 76.5 Å². The zero-order valence-electron chi connectivity index (χ0n) is 18.6. The number of anilines is 1. The van der Waals surface area contributed by atoms with E-state index in [9.17, 15) is 9.59 Å². The number of amides is 2. The van der Waals surface area contributed by atoms with Gasteiger partial charge < -0.3 is 15.0 Å². The predicted molar refractivity (Wildman–Crippen MR) is 134 cm³/mol. The normalized spacial score (nSPS) is 13.9. The van der Waals surface area contributed by atoms with E-state index in [2.05, 4.69) is 10.4 Å². The SMILES string of the molecule is Cc1nn(Cc2ccccc2Cl)c2sc(C(=O)Nc3cccc(C(=O)N4CCOCC4)c3)cc12. The molecule has 0 spiro atoms. The van der Waals surface area contributed by atoms with Gasteiger partial charge in [-0.1, -0.05) is 35.9 Å². The number of carbonyl (C=O) groups excluding carboxylic acids is 2. The number of thiophene rings is 1. The Kier molecular flexibility index (Phi) is 6.36. The number of carbonyl (C=O) groups is 2. The molecule has 1 saturated heterocycles. The van der Waals surface area contributed by atoms with Gasteiger partial charge in [0.1, 0.15) is 4.83 Å². The Hall–Kier alpha value is -3.20. The molecule has 0 atom stereocenters. The highest BCUT2D eigenvalue weighted by Gasteiger charge is 2.20. The lowest BCUT2D eigenvalue weighted by Crippen LogP contribution is -2.40. The summed E-state index contributed by atoms with van der Waals surface area (Å²) < 4.78 is 7.21. The lowest BCUT2D eigenvalue weighted by atomic mass is 10.1. The van der Waals surface area contributed by atoms with E-state index in [0.29, 0.717) is 54.0 Å². The van der Waals surface area contributed by atoms with Gasteiger partial charge in [0.2, 0.25) is 0 Å². The van der Waals surface area contributed by atoms with Crippen molar-refractivity contribution in [1.82, 2.24) is 14.7 Å².